The lowest BCUT2D eigenvalue weighted by atomic mass is 9.89. The standard InChI is InChI=1S/C26H38N6S2/c1-7-18(26(5,6)33-8-2)12-14-28-23-21(16(3)29-25(32-23)30-19-10-9-11-19)24-31-22-17(4)27-15-13-20(22)34-24/h13,15,18-19H,7-12,14H2,1-6H3,(H2,28,29,30,32). The quantitative estimate of drug-likeness (QED) is 0.292. The number of hydrogen-bond acceptors (Lipinski definition) is 8. The predicted octanol–water partition coefficient (Wildman–Crippen LogP) is 7.09. The molecular weight excluding hydrogens is 460 g/mol. The molecule has 0 radical (unpaired) electrons. The summed E-state index contributed by atoms with van der Waals surface area (Å²) in [4.78, 5) is 19.2. The molecule has 0 aliphatic heterocycles. The van der Waals surface area contributed by atoms with Gasteiger partial charge in [0.05, 0.1) is 21.7 Å². The van der Waals surface area contributed by atoms with Gasteiger partial charge in [-0.25, -0.2) is 9.97 Å². The van der Waals surface area contributed by atoms with Gasteiger partial charge in [0.25, 0.3) is 0 Å². The van der Waals surface area contributed by atoms with E-state index in [1.54, 1.807) is 11.3 Å². The molecule has 2 N–H and O–H groups in total. The Balaban J connectivity index is 1.63. The van der Waals surface area contributed by atoms with Gasteiger partial charge in [-0.05, 0) is 57.3 Å². The number of thiazole rings is 1. The van der Waals surface area contributed by atoms with Crippen LogP contribution in [0.5, 0.6) is 0 Å². The van der Waals surface area contributed by atoms with Crippen molar-refractivity contribution >= 4 is 45.1 Å². The average molecular weight is 499 g/mol. The molecule has 1 aliphatic rings. The number of anilines is 2. The molecule has 1 fully saturated rings. The second-order valence-corrected chi connectivity index (χ2v) is 12.7. The van der Waals surface area contributed by atoms with Gasteiger partial charge < -0.3 is 10.6 Å². The third kappa shape index (κ3) is 5.48. The summed E-state index contributed by atoms with van der Waals surface area (Å²) in [7, 11) is 0. The maximum Gasteiger partial charge on any atom is 0.225 e. The van der Waals surface area contributed by atoms with Crippen LogP contribution in [-0.2, 0) is 0 Å². The highest BCUT2D eigenvalue weighted by atomic mass is 32.2. The number of nitrogens with one attached hydrogen (secondary N) is 2. The molecule has 1 saturated carbocycles. The molecule has 3 aromatic heterocycles. The molecule has 3 heterocycles. The third-order valence-electron chi connectivity index (χ3n) is 7.01. The van der Waals surface area contributed by atoms with E-state index in [0.717, 1.165) is 62.7 Å². The zero-order valence-electron chi connectivity index (χ0n) is 21.4. The van der Waals surface area contributed by atoms with Gasteiger partial charge in [-0.2, -0.15) is 16.7 Å². The summed E-state index contributed by atoms with van der Waals surface area (Å²) in [5, 5.41) is 8.18. The molecule has 8 heteroatoms. The number of aromatic nitrogens is 4. The van der Waals surface area contributed by atoms with Gasteiger partial charge in [-0.3, -0.25) is 4.98 Å². The van der Waals surface area contributed by atoms with E-state index in [0.29, 0.717) is 12.0 Å². The Hall–Kier alpha value is -1.93. The first-order chi connectivity index (χ1) is 16.3. The lowest BCUT2D eigenvalue weighted by Gasteiger charge is -2.33. The molecule has 1 atom stereocenters. The third-order valence-corrected chi connectivity index (χ3v) is 9.41. The Morgan fingerprint density at radius 1 is 1.15 bits per heavy atom. The summed E-state index contributed by atoms with van der Waals surface area (Å²) in [6, 6.07) is 2.53. The van der Waals surface area contributed by atoms with Crippen LogP contribution in [0.2, 0.25) is 0 Å². The van der Waals surface area contributed by atoms with Crippen molar-refractivity contribution in [3.05, 3.63) is 23.7 Å². The minimum Gasteiger partial charge on any atom is -0.369 e. The molecule has 4 rings (SSSR count). The first-order valence-corrected chi connectivity index (χ1v) is 14.4. The molecule has 1 aliphatic carbocycles. The first-order valence-electron chi connectivity index (χ1n) is 12.6. The number of pyridine rings is 1. The fraction of sp³-hybridized carbons (Fsp3) is 0.615. The van der Waals surface area contributed by atoms with Gasteiger partial charge in [-0.15, -0.1) is 11.3 Å². The van der Waals surface area contributed by atoms with E-state index in [1.165, 1.54) is 25.7 Å². The molecule has 3 aromatic rings. The van der Waals surface area contributed by atoms with Gasteiger partial charge in [0.1, 0.15) is 16.3 Å². The van der Waals surface area contributed by atoms with Crippen molar-refractivity contribution in [1.29, 1.82) is 0 Å². The normalized spacial score (nSPS) is 15.4. The van der Waals surface area contributed by atoms with Crippen molar-refractivity contribution in [2.75, 3.05) is 22.9 Å². The second kappa shape index (κ2) is 10.8. The number of hydrogen-bond donors (Lipinski definition) is 2. The summed E-state index contributed by atoms with van der Waals surface area (Å²) in [5.41, 5.74) is 3.89. The van der Waals surface area contributed by atoms with Crippen molar-refractivity contribution in [2.24, 2.45) is 5.92 Å². The monoisotopic (exact) mass is 498 g/mol. The highest BCUT2D eigenvalue weighted by Crippen LogP contribution is 2.38. The van der Waals surface area contributed by atoms with Crippen LogP contribution in [0.25, 0.3) is 20.8 Å². The molecule has 1 unspecified atom stereocenters. The lowest BCUT2D eigenvalue weighted by molar-refractivity contribution is 0.392. The number of thioether (sulfide) groups is 1. The lowest BCUT2D eigenvalue weighted by Crippen LogP contribution is -2.29. The van der Waals surface area contributed by atoms with Crippen LogP contribution >= 0.6 is 23.1 Å². The van der Waals surface area contributed by atoms with Crippen molar-refractivity contribution in [3.63, 3.8) is 0 Å². The van der Waals surface area contributed by atoms with Crippen LogP contribution in [0.4, 0.5) is 11.8 Å². The fourth-order valence-corrected chi connectivity index (χ4v) is 7.12. The Morgan fingerprint density at radius 2 is 1.94 bits per heavy atom. The Morgan fingerprint density at radius 3 is 2.59 bits per heavy atom. The summed E-state index contributed by atoms with van der Waals surface area (Å²) >= 11 is 3.75. The van der Waals surface area contributed by atoms with E-state index in [2.05, 4.69) is 62.0 Å². The van der Waals surface area contributed by atoms with Crippen LogP contribution in [0.1, 0.15) is 71.2 Å². The Kier molecular flexibility index (Phi) is 7.97. The number of rotatable bonds is 11. The number of nitrogens with zero attached hydrogens (tertiary/aromatic N) is 4. The minimum atomic E-state index is 0.268. The zero-order chi connectivity index (χ0) is 24.3. The smallest absolute Gasteiger partial charge is 0.225 e. The highest BCUT2D eigenvalue weighted by Gasteiger charge is 2.28. The molecule has 184 valence electrons. The second-order valence-electron chi connectivity index (χ2n) is 9.75. The van der Waals surface area contributed by atoms with Crippen molar-refractivity contribution < 1.29 is 0 Å². The van der Waals surface area contributed by atoms with Gasteiger partial charge in [0.15, 0.2) is 0 Å². The zero-order valence-corrected chi connectivity index (χ0v) is 23.0. The van der Waals surface area contributed by atoms with Gasteiger partial charge in [0.2, 0.25) is 5.95 Å². The molecule has 0 bridgehead atoms. The molecule has 6 nitrogen and oxygen atoms in total. The SMILES string of the molecule is CCSC(C)(C)C(CC)CCNc1nc(NC2CCC2)nc(C)c1-c1nc2c(C)nccc2s1. The van der Waals surface area contributed by atoms with Crippen LogP contribution < -0.4 is 10.6 Å². The van der Waals surface area contributed by atoms with Crippen molar-refractivity contribution in [3.8, 4) is 10.6 Å². The summed E-state index contributed by atoms with van der Waals surface area (Å²) in [5.74, 6) is 3.39. The minimum absolute atomic E-state index is 0.268. The maximum atomic E-state index is 4.96. The topological polar surface area (TPSA) is 75.6 Å². The van der Waals surface area contributed by atoms with Crippen LogP contribution in [0.3, 0.4) is 0 Å². The molecule has 34 heavy (non-hydrogen) atoms. The molecule has 0 amide bonds. The van der Waals surface area contributed by atoms with Crippen LogP contribution in [0, 0.1) is 19.8 Å². The van der Waals surface area contributed by atoms with E-state index in [9.17, 15) is 0 Å². The number of fused-ring (bicyclic) bond motifs is 1. The Bertz CT molecular complexity index is 1120. The van der Waals surface area contributed by atoms with Gasteiger partial charge in [-0.1, -0.05) is 34.1 Å². The fourth-order valence-electron chi connectivity index (χ4n) is 4.74. The summed E-state index contributed by atoms with van der Waals surface area (Å²) < 4.78 is 1.42. The Labute approximate surface area is 212 Å². The molecule has 0 saturated heterocycles. The molecule has 0 aromatic carbocycles. The largest absolute Gasteiger partial charge is 0.369 e. The summed E-state index contributed by atoms with van der Waals surface area (Å²) in [6.07, 6.45) is 7.81. The first kappa shape index (κ1) is 25.2. The van der Waals surface area contributed by atoms with E-state index in [4.69, 9.17) is 15.0 Å². The summed E-state index contributed by atoms with van der Waals surface area (Å²) in [6.45, 7) is 14.3. The van der Waals surface area contributed by atoms with E-state index in [-0.39, 0.29) is 4.75 Å². The van der Waals surface area contributed by atoms with Crippen LogP contribution in [-0.4, -0.2) is 43.0 Å². The van der Waals surface area contributed by atoms with Gasteiger partial charge in [0, 0.05) is 23.5 Å². The maximum absolute atomic E-state index is 4.96. The highest BCUT2D eigenvalue weighted by molar-refractivity contribution is 8.00. The van der Waals surface area contributed by atoms with Gasteiger partial charge >= 0.3 is 0 Å². The molecular formula is C26H38N6S2. The van der Waals surface area contributed by atoms with E-state index >= 15 is 0 Å². The average Bonchev–Trinajstić information content (AvgIpc) is 3.18. The van der Waals surface area contributed by atoms with Crippen LogP contribution in [0.15, 0.2) is 12.3 Å². The number of aryl methyl sites for hydroxylation is 2. The van der Waals surface area contributed by atoms with E-state index in [1.807, 2.05) is 19.2 Å². The molecule has 0 spiro atoms. The van der Waals surface area contributed by atoms with Crippen molar-refractivity contribution in [2.45, 2.75) is 84.4 Å². The van der Waals surface area contributed by atoms with Crippen molar-refractivity contribution in [1.82, 2.24) is 19.9 Å². The van der Waals surface area contributed by atoms with E-state index < -0.39 is 0 Å². The predicted molar refractivity (Wildman–Crippen MR) is 148 cm³/mol.